The molecular weight excluding hydrogens is 408 g/mol. The molecule has 1 aromatic rings. The molecule has 0 radical (unpaired) electrons. The van der Waals surface area contributed by atoms with E-state index in [-0.39, 0.29) is 18.3 Å². The van der Waals surface area contributed by atoms with E-state index in [0.717, 1.165) is 17.1 Å². The minimum atomic E-state index is -3.66. The normalized spacial score (nSPS) is 13.9. The summed E-state index contributed by atoms with van der Waals surface area (Å²) in [7, 11) is -3.66. The van der Waals surface area contributed by atoms with Crippen LogP contribution in [0.1, 0.15) is 33.3 Å². The Morgan fingerprint density at radius 3 is 2.63 bits per heavy atom. The zero-order valence-corrected chi connectivity index (χ0v) is 18.6. The Balaban J connectivity index is 0.00000364. The highest BCUT2D eigenvalue weighted by atomic mass is 35.5. The highest BCUT2D eigenvalue weighted by molar-refractivity contribution is 7.99. The Morgan fingerprint density at radius 2 is 2.00 bits per heavy atom. The summed E-state index contributed by atoms with van der Waals surface area (Å²) in [6, 6.07) is 5.61. The number of nitrogens with zero attached hydrogens (tertiary/aromatic N) is 1. The maximum atomic E-state index is 12.3. The number of nitrogens with one attached hydrogen (secondary N) is 3. The van der Waals surface area contributed by atoms with Crippen LogP contribution in [0.25, 0.3) is 0 Å². The summed E-state index contributed by atoms with van der Waals surface area (Å²) in [6.07, 6.45) is 0.711. The van der Waals surface area contributed by atoms with Gasteiger partial charge in [0.2, 0.25) is 5.91 Å². The third-order valence-electron chi connectivity index (χ3n) is 3.90. The van der Waals surface area contributed by atoms with Gasteiger partial charge in [-0.2, -0.15) is 20.2 Å². The smallest absolute Gasteiger partial charge is 0.294 e. The minimum Gasteiger partial charge on any atom is -0.324 e. The van der Waals surface area contributed by atoms with Crippen LogP contribution in [-0.4, -0.2) is 38.9 Å². The SMILES string of the molecule is CCSCCNS(=O)(=O)NN1CCc2cccc(NC(=O)C(C)(C)C)c21.Cl. The molecule has 0 saturated carbocycles. The van der Waals surface area contributed by atoms with E-state index in [0.29, 0.717) is 30.9 Å². The highest BCUT2D eigenvalue weighted by Gasteiger charge is 2.28. The van der Waals surface area contributed by atoms with Crippen LogP contribution in [-0.2, 0) is 21.4 Å². The van der Waals surface area contributed by atoms with E-state index in [1.54, 1.807) is 22.8 Å². The van der Waals surface area contributed by atoms with Gasteiger partial charge in [0.05, 0.1) is 11.4 Å². The molecule has 0 spiro atoms. The molecular formula is C17H29ClN4O3S2. The molecule has 1 aliphatic rings. The zero-order chi connectivity index (χ0) is 19.4. The monoisotopic (exact) mass is 436 g/mol. The van der Waals surface area contributed by atoms with Gasteiger partial charge in [0.25, 0.3) is 10.2 Å². The molecule has 0 unspecified atom stereocenters. The van der Waals surface area contributed by atoms with Crippen LogP contribution >= 0.6 is 24.2 Å². The van der Waals surface area contributed by atoms with Crippen molar-refractivity contribution in [3.63, 3.8) is 0 Å². The van der Waals surface area contributed by atoms with Gasteiger partial charge in [0.15, 0.2) is 0 Å². The Hall–Kier alpha value is -1.00. The van der Waals surface area contributed by atoms with Crippen molar-refractivity contribution in [3.8, 4) is 0 Å². The molecule has 154 valence electrons. The molecule has 0 aliphatic carbocycles. The third-order valence-corrected chi connectivity index (χ3v) is 5.84. The predicted octanol–water partition coefficient (Wildman–Crippen LogP) is 2.55. The molecule has 0 bridgehead atoms. The molecule has 0 aromatic heterocycles. The van der Waals surface area contributed by atoms with Crippen LogP contribution in [0.4, 0.5) is 11.4 Å². The van der Waals surface area contributed by atoms with E-state index in [9.17, 15) is 13.2 Å². The number of fused-ring (bicyclic) bond motifs is 1. The lowest BCUT2D eigenvalue weighted by atomic mass is 9.95. The van der Waals surface area contributed by atoms with Gasteiger partial charge in [-0.3, -0.25) is 9.80 Å². The topological polar surface area (TPSA) is 90.5 Å². The average molecular weight is 437 g/mol. The van der Waals surface area contributed by atoms with Crippen molar-refractivity contribution in [3.05, 3.63) is 23.8 Å². The van der Waals surface area contributed by atoms with E-state index < -0.39 is 15.6 Å². The second-order valence-corrected chi connectivity index (χ2v) is 9.98. The number of hydrogen-bond donors (Lipinski definition) is 3. The van der Waals surface area contributed by atoms with Gasteiger partial charge in [-0.25, -0.2) is 4.72 Å². The molecule has 1 heterocycles. The minimum absolute atomic E-state index is 0. The van der Waals surface area contributed by atoms with Gasteiger partial charge >= 0.3 is 0 Å². The van der Waals surface area contributed by atoms with Crippen molar-refractivity contribution in [2.45, 2.75) is 34.1 Å². The van der Waals surface area contributed by atoms with Crippen molar-refractivity contribution >= 4 is 51.7 Å². The van der Waals surface area contributed by atoms with Gasteiger partial charge in [0, 0.05) is 24.3 Å². The van der Waals surface area contributed by atoms with Crippen molar-refractivity contribution in [2.24, 2.45) is 5.41 Å². The number of anilines is 2. The summed E-state index contributed by atoms with van der Waals surface area (Å²) in [6.45, 7) is 8.43. The third kappa shape index (κ3) is 6.83. The lowest BCUT2D eigenvalue weighted by Gasteiger charge is -2.25. The largest absolute Gasteiger partial charge is 0.324 e. The summed E-state index contributed by atoms with van der Waals surface area (Å²) in [5.41, 5.74) is 1.79. The van der Waals surface area contributed by atoms with Crippen LogP contribution < -0.4 is 19.9 Å². The fourth-order valence-corrected chi connectivity index (χ4v) is 4.10. The average Bonchev–Trinajstić information content (AvgIpc) is 2.94. The first-order valence-electron chi connectivity index (χ1n) is 8.69. The van der Waals surface area contributed by atoms with Crippen LogP contribution in [0.3, 0.4) is 0 Å². The Bertz CT molecular complexity index is 751. The lowest BCUT2D eigenvalue weighted by Crippen LogP contribution is -2.48. The number of para-hydroxylation sites is 1. The zero-order valence-electron chi connectivity index (χ0n) is 16.2. The van der Waals surface area contributed by atoms with E-state index in [4.69, 9.17) is 0 Å². The van der Waals surface area contributed by atoms with Crippen molar-refractivity contribution in [1.82, 2.24) is 9.55 Å². The first-order chi connectivity index (χ1) is 12.1. The van der Waals surface area contributed by atoms with Crippen LogP contribution in [0, 0.1) is 5.41 Å². The van der Waals surface area contributed by atoms with Crippen molar-refractivity contribution < 1.29 is 13.2 Å². The molecule has 10 heteroatoms. The predicted molar refractivity (Wildman–Crippen MR) is 116 cm³/mol. The second-order valence-electron chi connectivity index (χ2n) is 7.11. The maximum absolute atomic E-state index is 12.3. The summed E-state index contributed by atoms with van der Waals surface area (Å²) in [4.78, 5) is 14.9. The number of amides is 1. The van der Waals surface area contributed by atoms with Crippen molar-refractivity contribution in [2.75, 3.05) is 34.9 Å². The van der Waals surface area contributed by atoms with Gasteiger partial charge in [-0.05, 0) is 23.8 Å². The maximum Gasteiger partial charge on any atom is 0.294 e. The number of rotatable bonds is 8. The number of halogens is 1. The van der Waals surface area contributed by atoms with Crippen molar-refractivity contribution in [1.29, 1.82) is 0 Å². The molecule has 0 atom stereocenters. The fraction of sp³-hybridized carbons (Fsp3) is 0.588. The standard InChI is InChI=1S/C17H28N4O3S2.ClH/c1-5-25-12-10-18-26(23,24)20-21-11-9-13-7-6-8-14(15(13)21)19-16(22)17(2,3)4;/h6-8,18,20H,5,9-12H2,1-4H3,(H,19,22);1H. The number of carbonyl (C=O) groups excluding carboxylic acids is 1. The molecule has 0 saturated heterocycles. The van der Waals surface area contributed by atoms with E-state index in [1.165, 1.54) is 0 Å². The van der Waals surface area contributed by atoms with Gasteiger partial charge in [0.1, 0.15) is 0 Å². The van der Waals surface area contributed by atoms with Gasteiger partial charge in [-0.1, -0.05) is 39.8 Å². The molecule has 0 fully saturated rings. The van der Waals surface area contributed by atoms with Gasteiger partial charge < -0.3 is 5.32 Å². The molecule has 3 N–H and O–H groups in total. The summed E-state index contributed by atoms with van der Waals surface area (Å²) in [5, 5.41) is 4.50. The molecule has 1 aliphatic heterocycles. The Labute approximate surface area is 172 Å². The van der Waals surface area contributed by atoms with Crippen LogP contribution in [0.15, 0.2) is 18.2 Å². The Kier molecular flexibility index (Phi) is 8.88. The molecule has 27 heavy (non-hydrogen) atoms. The van der Waals surface area contributed by atoms with E-state index >= 15 is 0 Å². The lowest BCUT2D eigenvalue weighted by molar-refractivity contribution is -0.123. The highest BCUT2D eigenvalue weighted by Crippen LogP contribution is 2.35. The summed E-state index contributed by atoms with van der Waals surface area (Å²) >= 11 is 1.68. The summed E-state index contributed by atoms with van der Waals surface area (Å²) in [5.74, 6) is 1.56. The second kappa shape index (κ2) is 9.97. The van der Waals surface area contributed by atoms with Crippen LogP contribution in [0.2, 0.25) is 0 Å². The fourth-order valence-electron chi connectivity index (χ4n) is 2.53. The Morgan fingerprint density at radius 1 is 1.30 bits per heavy atom. The number of hydrazine groups is 1. The first kappa shape index (κ1) is 24.0. The van der Waals surface area contributed by atoms with Crippen LogP contribution in [0.5, 0.6) is 0 Å². The summed E-state index contributed by atoms with van der Waals surface area (Å²) < 4.78 is 27.1. The number of benzene rings is 1. The van der Waals surface area contributed by atoms with Gasteiger partial charge in [-0.15, -0.1) is 17.2 Å². The first-order valence-corrected chi connectivity index (χ1v) is 11.3. The number of thioether (sulfide) groups is 1. The molecule has 7 nitrogen and oxygen atoms in total. The number of hydrogen-bond acceptors (Lipinski definition) is 5. The quantitative estimate of drug-likeness (QED) is 0.545. The molecule has 2 rings (SSSR count). The van der Waals surface area contributed by atoms with E-state index in [2.05, 4.69) is 14.9 Å². The number of carbonyl (C=O) groups is 1. The molecule has 1 aromatic carbocycles. The molecule has 1 amide bonds. The van der Waals surface area contributed by atoms with E-state index in [1.807, 2.05) is 39.8 Å².